The predicted molar refractivity (Wildman–Crippen MR) is 116 cm³/mol. The van der Waals surface area contributed by atoms with Crippen LogP contribution >= 0.6 is 0 Å². The zero-order chi connectivity index (χ0) is 19.6. The van der Waals surface area contributed by atoms with Gasteiger partial charge >= 0.3 is 0 Å². The summed E-state index contributed by atoms with van der Waals surface area (Å²) in [6, 6.07) is 15.9. The lowest BCUT2D eigenvalue weighted by Gasteiger charge is -2.19. The largest absolute Gasteiger partial charge is 0.496 e. The van der Waals surface area contributed by atoms with E-state index in [0.717, 1.165) is 42.0 Å². The number of nitrogens with zero attached hydrogens (tertiary/aromatic N) is 1. The molecule has 0 atom stereocenters. The molecule has 0 bridgehead atoms. The molecular formula is C24H32N2O2. The predicted octanol–water partition coefficient (Wildman–Crippen LogP) is 5.35. The molecule has 0 radical (unpaired) electrons. The Morgan fingerprint density at radius 1 is 0.964 bits per heavy atom. The Kier molecular flexibility index (Phi) is 7.92. The molecule has 2 aromatic rings. The van der Waals surface area contributed by atoms with Gasteiger partial charge in [0, 0.05) is 17.7 Å². The van der Waals surface area contributed by atoms with Crippen LogP contribution in [-0.4, -0.2) is 37.6 Å². The molecule has 3 rings (SSSR count). The van der Waals surface area contributed by atoms with Crippen LogP contribution in [0.25, 0.3) is 11.1 Å². The number of carbonyl (C=O) groups is 1. The van der Waals surface area contributed by atoms with Crippen molar-refractivity contribution in [2.45, 2.75) is 44.9 Å². The molecule has 0 aliphatic carbocycles. The second-order valence-corrected chi connectivity index (χ2v) is 7.54. The monoisotopic (exact) mass is 380 g/mol. The van der Waals surface area contributed by atoms with Crippen molar-refractivity contribution in [1.82, 2.24) is 4.90 Å². The maximum Gasteiger partial charge on any atom is 0.224 e. The number of nitrogens with one attached hydrogen (secondary N) is 1. The van der Waals surface area contributed by atoms with E-state index in [-0.39, 0.29) is 5.91 Å². The molecule has 1 N–H and O–H groups in total. The highest BCUT2D eigenvalue weighted by molar-refractivity contribution is 5.91. The number of ether oxygens (including phenoxy) is 1. The van der Waals surface area contributed by atoms with E-state index in [1.54, 1.807) is 7.11 Å². The number of hydrogen-bond acceptors (Lipinski definition) is 3. The highest BCUT2D eigenvalue weighted by atomic mass is 16.5. The van der Waals surface area contributed by atoms with E-state index in [4.69, 9.17) is 4.74 Å². The van der Waals surface area contributed by atoms with Crippen molar-refractivity contribution in [1.29, 1.82) is 0 Å². The first kappa shape index (κ1) is 20.4. The van der Waals surface area contributed by atoms with Gasteiger partial charge in [-0.15, -0.1) is 0 Å². The third-order valence-electron chi connectivity index (χ3n) is 5.41. The van der Waals surface area contributed by atoms with Crippen molar-refractivity contribution < 1.29 is 9.53 Å². The van der Waals surface area contributed by atoms with Crippen LogP contribution in [0, 0.1) is 0 Å². The molecule has 1 aliphatic heterocycles. The number of carbonyl (C=O) groups excluding carboxylic acids is 1. The topological polar surface area (TPSA) is 41.6 Å². The van der Waals surface area contributed by atoms with E-state index in [9.17, 15) is 4.79 Å². The van der Waals surface area contributed by atoms with Crippen LogP contribution in [-0.2, 0) is 4.79 Å². The summed E-state index contributed by atoms with van der Waals surface area (Å²) in [7, 11) is 1.68. The molecule has 2 aromatic carbocycles. The number of anilines is 1. The molecule has 0 aromatic heterocycles. The smallest absolute Gasteiger partial charge is 0.224 e. The SMILES string of the molecule is COc1ccccc1-c1ccc(NC(=O)CCCCN2CCCCCC2)cc1. The number of benzene rings is 2. The van der Waals surface area contributed by atoms with Crippen molar-refractivity contribution in [3.8, 4) is 16.9 Å². The lowest BCUT2D eigenvalue weighted by molar-refractivity contribution is -0.116. The lowest BCUT2D eigenvalue weighted by atomic mass is 10.0. The summed E-state index contributed by atoms with van der Waals surface area (Å²) in [4.78, 5) is 14.8. The Bertz CT molecular complexity index is 735. The van der Waals surface area contributed by atoms with Crippen molar-refractivity contribution in [2.24, 2.45) is 0 Å². The molecule has 150 valence electrons. The van der Waals surface area contributed by atoms with Gasteiger partial charge in [-0.2, -0.15) is 0 Å². The molecular weight excluding hydrogens is 348 g/mol. The fourth-order valence-electron chi connectivity index (χ4n) is 3.82. The molecule has 1 aliphatic rings. The van der Waals surface area contributed by atoms with Gasteiger partial charge in [-0.25, -0.2) is 0 Å². The van der Waals surface area contributed by atoms with Crippen LogP contribution in [0.15, 0.2) is 48.5 Å². The summed E-state index contributed by atoms with van der Waals surface area (Å²) in [6.45, 7) is 3.58. The number of methoxy groups -OCH3 is 1. The average molecular weight is 381 g/mol. The fourth-order valence-corrected chi connectivity index (χ4v) is 3.82. The van der Waals surface area contributed by atoms with E-state index in [0.29, 0.717) is 6.42 Å². The highest BCUT2D eigenvalue weighted by Gasteiger charge is 2.09. The zero-order valence-corrected chi connectivity index (χ0v) is 17.0. The molecule has 0 saturated carbocycles. The number of unbranched alkanes of at least 4 members (excludes halogenated alkanes) is 1. The van der Waals surface area contributed by atoms with Crippen molar-refractivity contribution in [2.75, 3.05) is 32.1 Å². The number of rotatable bonds is 8. The first-order valence-electron chi connectivity index (χ1n) is 10.5. The summed E-state index contributed by atoms with van der Waals surface area (Å²) in [5.74, 6) is 0.949. The minimum absolute atomic E-state index is 0.0981. The van der Waals surface area contributed by atoms with Crippen molar-refractivity contribution >= 4 is 11.6 Å². The van der Waals surface area contributed by atoms with Crippen LogP contribution in [0.5, 0.6) is 5.75 Å². The Labute approximate surface area is 168 Å². The second-order valence-electron chi connectivity index (χ2n) is 7.54. The molecule has 0 spiro atoms. The Morgan fingerprint density at radius 3 is 2.39 bits per heavy atom. The van der Waals surface area contributed by atoms with Gasteiger partial charge in [-0.3, -0.25) is 4.79 Å². The lowest BCUT2D eigenvalue weighted by Crippen LogP contribution is -2.25. The van der Waals surface area contributed by atoms with Gasteiger partial charge in [0.1, 0.15) is 5.75 Å². The molecule has 1 saturated heterocycles. The summed E-state index contributed by atoms with van der Waals surface area (Å²) in [6.07, 6.45) is 8.02. The van der Waals surface area contributed by atoms with Crippen LogP contribution < -0.4 is 10.1 Å². The van der Waals surface area contributed by atoms with E-state index < -0.39 is 0 Å². The Hall–Kier alpha value is -2.33. The number of amides is 1. The standard InChI is InChI=1S/C24H32N2O2/c1-28-23-11-5-4-10-22(23)20-13-15-21(16-14-20)25-24(27)12-6-9-19-26-17-7-2-3-8-18-26/h4-5,10-11,13-16H,2-3,6-9,12,17-19H2,1H3,(H,25,27). The van der Waals surface area contributed by atoms with Crippen LogP contribution in [0.4, 0.5) is 5.69 Å². The first-order chi connectivity index (χ1) is 13.8. The van der Waals surface area contributed by atoms with E-state index in [1.807, 2.05) is 48.5 Å². The van der Waals surface area contributed by atoms with Crippen LogP contribution in [0.3, 0.4) is 0 Å². The van der Waals surface area contributed by atoms with Gasteiger partial charge in [-0.1, -0.05) is 43.2 Å². The Morgan fingerprint density at radius 2 is 1.68 bits per heavy atom. The normalized spacial score (nSPS) is 15.0. The molecule has 28 heavy (non-hydrogen) atoms. The molecule has 4 nitrogen and oxygen atoms in total. The van der Waals surface area contributed by atoms with Crippen molar-refractivity contribution in [3.05, 3.63) is 48.5 Å². The van der Waals surface area contributed by atoms with Gasteiger partial charge < -0.3 is 15.0 Å². The quantitative estimate of drug-likeness (QED) is 0.628. The van der Waals surface area contributed by atoms with Crippen LogP contribution in [0.2, 0.25) is 0 Å². The number of likely N-dealkylation sites (tertiary alicyclic amines) is 1. The first-order valence-corrected chi connectivity index (χ1v) is 10.5. The highest BCUT2D eigenvalue weighted by Crippen LogP contribution is 2.30. The molecule has 1 amide bonds. The van der Waals surface area contributed by atoms with Gasteiger partial charge in [-0.05, 0) is 69.1 Å². The van der Waals surface area contributed by atoms with E-state index >= 15 is 0 Å². The molecule has 4 heteroatoms. The number of para-hydroxylation sites is 1. The maximum atomic E-state index is 12.2. The maximum absolute atomic E-state index is 12.2. The third-order valence-corrected chi connectivity index (χ3v) is 5.41. The van der Waals surface area contributed by atoms with Gasteiger partial charge in [0.05, 0.1) is 7.11 Å². The fraction of sp³-hybridized carbons (Fsp3) is 0.458. The zero-order valence-electron chi connectivity index (χ0n) is 17.0. The summed E-state index contributed by atoms with van der Waals surface area (Å²) in [5.41, 5.74) is 2.97. The van der Waals surface area contributed by atoms with Gasteiger partial charge in [0.15, 0.2) is 0 Å². The minimum atomic E-state index is 0.0981. The minimum Gasteiger partial charge on any atom is -0.496 e. The average Bonchev–Trinajstić information content (AvgIpc) is 3.01. The summed E-state index contributed by atoms with van der Waals surface area (Å²) < 4.78 is 5.43. The summed E-state index contributed by atoms with van der Waals surface area (Å²) >= 11 is 0. The van der Waals surface area contributed by atoms with E-state index in [1.165, 1.54) is 38.8 Å². The molecule has 0 unspecified atom stereocenters. The molecule has 1 fully saturated rings. The summed E-state index contributed by atoms with van der Waals surface area (Å²) in [5, 5.41) is 3.01. The number of hydrogen-bond donors (Lipinski definition) is 1. The Balaban J connectivity index is 1.43. The van der Waals surface area contributed by atoms with E-state index in [2.05, 4.69) is 10.2 Å². The third kappa shape index (κ3) is 6.10. The van der Waals surface area contributed by atoms with Gasteiger partial charge in [0.25, 0.3) is 0 Å². The van der Waals surface area contributed by atoms with Crippen molar-refractivity contribution in [3.63, 3.8) is 0 Å². The van der Waals surface area contributed by atoms with Gasteiger partial charge in [0.2, 0.25) is 5.91 Å². The second kappa shape index (κ2) is 10.9. The molecule has 1 heterocycles. The van der Waals surface area contributed by atoms with Crippen LogP contribution in [0.1, 0.15) is 44.9 Å².